The van der Waals surface area contributed by atoms with E-state index in [2.05, 4.69) is 20.9 Å². The highest BCUT2D eigenvalue weighted by Gasteiger charge is 2.21. The first-order chi connectivity index (χ1) is 9.00. The number of amides is 1. The maximum absolute atomic E-state index is 12.5. The zero-order chi connectivity index (χ0) is 14.0. The number of nitrogens with zero attached hydrogens (tertiary/aromatic N) is 3. The predicted molar refractivity (Wildman–Crippen MR) is 77.9 cm³/mol. The fourth-order valence-electron chi connectivity index (χ4n) is 1.96. The Morgan fingerprint density at radius 1 is 1.42 bits per heavy atom. The molecule has 0 spiro atoms. The van der Waals surface area contributed by atoms with Crippen molar-refractivity contribution in [3.05, 3.63) is 52.5 Å². The molecule has 100 valence electrons. The molecule has 4 nitrogen and oxygen atoms in total. The van der Waals surface area contributed by atoms with Gasteiger partial charge in [-0.05, 0) is 46.6 Å². The molecule has 0 aromatic carbocycles. The Morgan fingerprint density at radius 2 is 2.05 bits per heavy atom. The molecule has 1 amide bonds. The van der Waals surface area contributed by atoms with Gasteiger partial charge in [0.05, 0.1) is 6.04 Å². The maximum Gasteiger partial charge on any atom is 0.270 e. The Kier molecular flexibility index (Phi) is 4.04. The van der Waals surface area contributed by atoms with Crippen LogP contribution in [0.2, 0.25) is 0 Å². The molecular weight excluding hydrogens is 306 g/mol. The van der Waals surface area contributed by atoms with Crippen molar-refractivity contribution in [3.63, 3.8) is 0 Å². The van der Waals surface area contributed by atoms with Crippen LogP contribution in [0, 0.1) is 0 Å². The van der Waals surface area contributed by atoms with Crippen LogP contribution in [0.3, 0.4) is 0 Å². The van der Waals surface area contributed by atoms with Crippen LogP contribution in [-0.2, 0) is 7.05 Å². The molecule has 2 rings (SSSR count). The van der Waals surface area contributed by atoms with Crippen molar-refractivity contribution >= 4 is 21.8 Å². The Morgan fingerprint density at radius 3 is 2.58 bits per heavy atom. The largest absolute Gasteiger partial charge is 0.345 e. The predicted octanol–water partition coefficient (Wildman–Crippen LogP) is 3.02. The van der Waals surface area contributed by atoms with E-state index in [-0.39, 0.29) is 11.9 Å². The van der Waals surface area contributed by atoms with Crippen LogP contribution in [0.15, 0.2) is 41.3 Å². The summed E-state index contributed by atoms with van der Waals surface area (Å²) in [4.78, 5) is 18.2. The monoisotopic (exact) mass is 321 g/mol. The van der Waals surface area contributed by atoms with Crippen molar-refractivity contribution in [2.45, 2.75) is 13.0 Å². The number of pyridine rings is 1. The van der Waals surface area contributed by atoms with E-state index in [0.29, 0.717) is 5.69 Å². The van der Waals surface area contributed by atoms with Crippen LogP contribution >= 0.6 is 15.9 Å². The Hall–Kier alpha value is -1.62. The normalized spacial score (nSPS) is 12.2. The molecule has 1 unspecified atom stereocenters. The number of hydrogen-bond acceptors (Lipinski definition) is 2. The second kappa shape index (κ2) is 5.57. The minimum atomic E-state index is -0.00230. The second-order valence-electron chi connectivity index (χ2n) is 4.53. The van der Waals surface area contributed by atoms with Gasteiger partial charge in [0, 0.05) is 37.2 Å². The van der Waals surface area contributed by atoms with Gasteiger partial charge >= 0.3 is 0 Å². The Bertz CT molecular complexity index is 580. The average Bonchev–Trinajstić information content (AvgIpc) is 2.76. The van der Waals surface area contributed by atoms with Crippen LogP contribution < -0.4 is 0 Å². The van der Waals surface area contributed by atoms with Crippen LogP contribution in [0.5, 0.6) is 0 Å². The Labute approximate surface area is 121 Å². The highest BCUT2D eigenvalue weighted by Crippen LogP contribution is 2.21. The molecule has 2 aromatic heterocycles. The smallest absolute Gasteiger partial charge is 0.270 e. The first-order valence-corrected chi connectivity index (χ1v) is 6.79. The van der Waals surface area contributed by atoms with Gasteiger partial charge in [0.2, 0.25) is 0 Å². The first-order valence-electron chi connectivity index (χ1n) is 5.99. The van der Waals surface area contributed by atoms with E-state index >= 15 is 0 Å². The first kappa shape index (κ1) is 13.8. The third-order valence-electron chi connectivity index (χ3n) is 3.28. The van der Waals surface area contributed by atoms with Crippen molar-refractivity contribution in [1.29, 1.82) is 0 Å². The van der Waals surface area contributed by atoms with E-state index in [0.717, 1.165) is 10.0 Å². The van der Waals surface area contributed by atoms with Crippen LogP contribution in [0.4, 0.5) is 0 Å². The van der Waals surface area contributed by atoms with Gasteiger partial charge in [-0.2, -0.15) is 0 Å². The van der Waals surface area contributed by atoms with Gasteiger partial charge in [-0.1, -0.05) is 0 Å². The molecular formula is C14H16BrN3O. The van der Waals surface area contributed by atoms with Crippen molar-refractivity contribution in [3.8, 4) is 0 Å². The molecule has 1 atom stereocenters. The molecule has 0 N–H and O–H groups in total. The molecule has 0 aliphatic carbocycles. The molecule has 2 heterocycles. The lowest BCUT2D eigenvalue weighted by Gasteiger charge is -2.25. The molecule has 0 radical (unpaired) electrons. The third kappa shape index (κ3) is 2.87. The summed E-state index contributed by atoms with van der Waals surface area (Å²) in [5.41, 5.74) is 1.73. The summed E-state index contributed by atoms with van der Waals surface area (Å²) in [7, 11) is 3.68. The summed E-state index contributed by atoms with van der Waals surface area (Å²) >= 11 is 3.38. The lowest BCUT2D eigenvalue weighted by Crippen LogP contribution is -2.30. The molecule has 0 saturated heterocycles. The highest BCUT2D eigenvalue weighted by atomic mass is 79.9. The fourth-order valence-corrected chi connectivity index (χ4v) is 2.48. The molecule has 0 aliphatic heterocycles. The van der Waals surface area contributed by atoms with Gasteiger partial charge in [0.25, 0.3) is 5.91 Å². The van der Waals surface area contributed by atoms with E-state index in [1.807, 2.05) is 50.0 Å². The summed E-state index contributed by atoms with van der Waals surface area (Å²) < 4.78 is 2.73. The summed E-state index contributed by atoms with van der Waals surface area (Å²) in [5.74, 6) is -0.00230. The number of hydrogen-bond donors (Lipinski definition) is 0. The lowest BCUT2D eigenvalue weighted by atomic mass is 10.1. The topological polar surface area (TPSA) is 38.1 Å². The second-order valence-corrected chi connectivity index (χ2v) is 5.44. The fraction of sp³-hybridized carbons (Fsp3) is 0.286. The molecule has 2 aromatic rings. The number of carbonyl (C=O) groups excluding carboxylic acids is 1. The van der Waals surface area contributed by atoms with Gasteiger partial charge in [0.15, 0.2) is 0 Å². The van der Waals surface area contributed by atoms with Crippen molar-refractivity contribution in [1.82, 2.24) is 14.5 Å². The van der Waals surface area contributed by atoms with Crippen LogP contribution in [0.1, 0.15) is 29.0 Å². The average molecular weight is 322 g/mol. The number of aromatic nitrogens is 2. The quantitative estimate of drug-likeness (QED) is 0.871. The molecule has 0 bridgehead atoms. The van der Waals surface area contributed by atoms with E-state index in [1.54, 1.807) is 17.3 Å². The van der Waals surface area contributed by atoms with E-state index in [9.17, 15) is 4.79 Å². The molecule has 5 heteroatoms. The number of carbonyl (C=O) groups is 1. The summed E-state index contributed by atoms with van der Waals surface area (Å²) in [6, 6.07) is 5.69. The summed E-state index contributed by atoms with van der Waals surface area (Å²) in [5, 5.41) is 0. The highest BCUT2D eigenvalue weighted by molar-refractivity contribution is 9.10. The Balaban J connectivity index is 2.22. The SMILES string of the molecule is CC(c1ccncc1)N(C)C(=O)c1cc(Br)cn1C. The minimum Gasteiger partial charge on any atom is -0.345 e. The maximum atomic E-state index is 12.5. The minimum absolute atomic E-state index is 0.00230. The lowest BCUT2D eigenvalue weighted by molar-refractivity contribution is 0.0733. The van der Waals surface area contributed by atoms with E-state index in [1.165, 1.54) is 0 Å². The van der Waals surface area contributed by atoms with Crippen molar-refractivity contribution in [2.75, 3.05) is 7.05 Å². The number of aryl methyl sites for hydroxylation is 1. The van der Waals surface area contributed by atoms with Gasteiger partial charge in [0.1, 0.15) is 5.69 Å². The molecule has 0 aliphatic rings. The van der Waals surface area contributed by atoms with Crippen molar-refractivity contribution in [2.24, 2.45) is 7.05 Å². The van der Waals surface area contributed by atoms with Gasteiger partial charge in [-0.25, -0.2) is 0 Å². The van der Waals surface area contributed by atoms with Gasteiger partial charge < -0.3 is 9.47 Å². The van der Waals surface area contributed by atoms with Gasteiger partial charge in [-0.3, -0.25) is 9.78 Å². The standard InChI is InChI=1S/C14H16BrN3O/c1-10(11-4-6-16-7-5-11)18(3)14(19)13-8-12(15)9-17(13)2/h4-10H,1-3H3. The molecule has 0 fully saturated rings. The summed E-state index contributed by atoms with van der Waals surface area (Å²) in [6.45, 7) is 2.01. The molecule has 0 saturated carbocycles. The van der Waals surface area contributed by atoms with E-state index < -0.39 is 0 Å². The van der Waals surface area contributed by atoms with E-state index in [4.69, 9.17) is 0 Å². The zero-order valence-electron chi connectivity index (χ0n) is 11.2. The van der Waals surface area contributed by atoms with Gasteiger partial charge in [-0.15, -0.1) is 0 Å². The van der Waals surface area contributed by atoms with Crippen molar-refractivity contribution < 1.29 is 4.79 Å². The van der Waals surface area contributed by atoms with Crippen LogP contribution in [-0.4, -0.2) is 27.4 Å². The number of rotatable bonds is 3. The zero-order valence-corrected chi connectivity index (χ0v) is 12.8. The molecule has 19 heavy (non-hydrogen) atoms. The third-order valence-corrected chi connectivity index (χ3v) is 3.71. The van der Waals surface area contributed by atoms with Crippen LogP contribution in [0.25, 0.3) is 0 Å². The number of halogens is 1. The summed E-state index contributed by atoms with van der Waals surface area (Å²) in [6.07, 6.45) is 5.35.